The van der Waals surface area contributed by atoms with Gasteiger partial charge in [-0.3, -0.25) is 4.79 Å². The summed E-state index contributed by atoms with van der Waals surface area (Å²) in [7, 11) is 1.48. The highest BCUT2D eigenvalue weighted by atomic mass is 16.5. The van der Waals surface area contributed by atoms with Crippen LogP contribution in [-0.2, 0) is 13.2 Å². The van der Waals surface area contributed by atoms with E-state index in [1.807, 2.05) is 42.5 Å². The average molecular weight is 349 g/mol. The van der Waals surface area contributed by atoms with Crippen molar-refractivity contribution >= 4 is 5.91 Å². The molecule has 132 valence electrons. The fourth-order valence-corrected chi connectivity index (χ4v) is 2.41. The SMILES string of the molecule is COc1ncccc1C(=O)NCc1cccnc1OCc1ccccc1. The predicted octanol–water partition coefficient (Wildman–Crippen LogP) is 2.99. The van der Waals surface area contributed by atoms with E-state index < -0.39 is 0 Å². The number of carbonyl (C=O) groups excluding carboxylic acids is 1. The Hall–Kier alpha value is -3.41. The second kappa shape index (κ2) is 8.62. The van der Waals surface area contributed by atoms with Crippen LogP contribution < -0.4 is 14.8 Å². The van der Waals surface area contributed by atoms with Crippen molar-refractivity contribution in [1.82, 2.24) is 15.3 Å². The summed E-state index contributed by atoms with van der Waals surface area (Å²) in [5.74, 6) is 0.513. The summed E-state index contributed by atoms with van der Waals surface area (Å²) in [5, 5.41) is 2.85. The van der Waals surface area contributed by atoms with Gasteiger partial charge in [-0.2, -0.15) is 0 Å². The Morgan fingerprint density at radius 2 is 1.69 bits per heavy atom. The number of nitrogens with one attached hydrogen (secondary N) is 1. The van der Waals surface area contributed by atoms with Crippen molar-refractivity contribution in [3.63, 3.8) is 0 Å². The summed E-state index contributed by atoms with van der Waals surface area (Å²) in [6, 6.07) is 16.9. The van der Waals surface area contributed by atoms with Gasteiger partial charge < -0.3 is 14.8 Å². The molecule has 0 aliphatic heterocycles. The Balaban J connectivity index is 1.65. The second-order valence-corrected chi connectivity index (χ2v) is 5.48. The minimum Gasteiger partial charge on any atom is -0.480 e. The maximum atomic E-state index is 12.4. The molecular formula is C20H19N3O3. The Morgan fingerprint density at radius 3 is 2.46 bits per heavy atom. The van der Waals surface area contributed by atoms with Crippen LogP contribution in [-0.4, -0.2) is 23.0 Å². The molecule has 0 radical (unpaired) electrons. The molecule has 0 atom stereocenters. The van der Waals surface area contributed by atoms with Crippen molar-refractivity contribution in [2.75, 3.05) is 7.11 Å². The number of ether oxygens (including phenoxy) is 2. The maximum absolute atomic E-state index is 12.4. The third-order valence-corrected chi connectivity index (χ3v) is 3.72. The molecule has 2 heterocycles. The molecule has 26 heavy (non-hydrogen) atoms. The second-order valence-electron chi connectivity index (χ2n) is 5.48. The summed E-state index contributed by atoms with van der Waals surface area (Å²) < 4.78 is 10.9. The molecular weight excluding hydrogens is 330 g/mol. The van der Waals surface area contributed by atoms with Gasteiger partial charge in [0.05, 0.1) is 7.11 Å². The Labute approximate surface area is 151 Å². The number of amides is 1. The standard InChI is InChI=1S/C20H19N3O3/c1-25-20-17(10-6-12-22-20)18(24)23-13-16-9-5-11-21-19(16)26-14-15-7-3-2-4-8-15/h2-12H,13-14H2,1H3,(H,23,24). The van der Waals surface area contributed by atoms with E-state index in [-0.39, 0.29) is 18.3 Å². The predicted molar refractivity (Wildman–Crippen MR) is 97.0 cm³/mol. The minimum absolute atomic E-state index is 0.271. The molecule has 0 fully saturated rings. The van der Waals surface area contributed by atoms with Gasteiger partial charge in [-0.05, 0) is 23.8 Å². The zero-order chi connectivity index (χ0) is 18.2. The molecule has 2 aromatic heterocycles. The van der Waals surface area contributed by atoms with Crippen molar-refractivity contribution in [2.45, 2.75) is 13.2 Å². The van der Waals surface area contributed by atoms with E-state index in [9.17, 15) is 4.79 Å². The van der Waals surface area contributed by atoms with Gasteiger partial charge in [0.2, 0.25) is 11.8 Å². The molecule has 1 N–H and O–H groups in total. The Kier molecular flexibility index (Phi) is 5.77. The molecule has 3 aromatic rings. The fraction of sp³-hybridized carbons (Fsp3) is 0.150. The third kappa shape index (κ3) is 4.36. The van der Waals surface area contributed by atoms with E-state index in [4.69, 9.17) is 9.47 Å². The third-order valence-electron chi connectivity index (χ3n) is 3.72. The van der Waals surface area contributed by atoms with Gasteiger partial charge in [0.1, 0.15) is 12.2 Å². The highest BCUT2D eigenvalue weighted by Crippen LogP contribution is 2.17. The summed E-state index contributed by atoms with van der Waals surface area (Å²) in [6.07, 6.45) is 3.24. The first kappa shape index (κ1) is 17.4. The van der Waals surface area contributed by atoms with Gasteiger partial charge in [-0.1, -0.05) is 36.4 Å². The average Bonchev–Trinajstić information content (AvgIpc) is 2.71. The highest BCUT2D eigenvalue weighted by molar-refractivity contribution is 5.96. The lowest BCUT2D eigenvalue weighted by Crippen LogP contribution is -2.24. The molecule has 0 aliphatic rings. The monoisotopic (exact) mass is 349 g/mol. The Bertz CT molecular complexity index is 869. The first-order valence-electron chi connectivity index (χ1n) is 8.15. The summed E-state index contributed by atoms with van der Waals surface area (Å²) in [5.41, 5.74) is 2.22. The number of benzene rings is 1. The van der Waals surface area contributed by atoms with E-state index in [1.54, 1.807) is 24.5 Å². The highest BCUT2D eigenvalue weighted by Gasteiger charge is 2.13. The molecule has 0 spiro atoms. The number of methoxy groups -OCH3 is 1. The smallest absolute Gasteiger partial charge is 0.257 e. The minimum atomic E-state index is -0.271. The van der Waals surface area contributed by atoms with Crippen molar-refractivity contribution in [2.24, 2.45) is 0 Å². The van der Waals surface area contributed by atoms with Crippen LogP contribution in [0.25, 0.3) is 0 Å². The Morgan fingerprint density at radius 1 is 0.962 bits per heavy atom. The zero-order valence-electron chi connectivity index (χ0n) is 14.4. The number of aromatic nitrogens is 2. The number of nitrogens with zero attached hydrogens (tertiary/aromatic N) is 2. The van der Waals surface area contributed by atoms with Gasteiger partial charge in [-0.15, -0.1) is 0 Å². The van der Waals surface area contributed by atoms with E-state index in [2.05, 4.69) is 15.3 Å². The van der Waals surface area contributed by atoms with Crippen LogP contribution in [0.1, 0.15) is 21.5 Å². The van der Waals surface area contributed by atoms with Crippen LogP contribution in [0, 0.1) is 0 Å². The topological polar surface area (TPSA) is 73.3 Å². The number of carbonyl (C=O) groups is 1. The van der Waals surface area contributed by atoms with Crippen molar-refractivity contribution in [1.29, 1.82) is 0 Å². The lowest BCUT2D eigenvalue weighted by molar-refractivity contribution is 0.0946. The number of pyridine rings is 2. The molecule has 6 heteroatoms. The fourth-order valence-electron chi connectivity index (χ4n) is 2.41. The molecule has 3 rings (SSSR count). The summed E-state index contributed by atoms with van der Waals surface area (Å²) in [6.45, 7) is 0.698. The number of rotatable bonds is 7. The van der Waals surface area contributed by atoms with Crippen LogP contribution >= 0.6 is 0 Å². The van der Waals surface area contributed by atoms with Crippen molar-refractivity contribution in [3.05, 3.63) is 83.7 Å². The maximum Gasteiger partial charge on any atom is 0.257 e. The van der Waals surface area contributed by atoms with Gasteiger partial charge in [0.25, 0.3) is 5.91 Å². The van der Waals surface area contributed by atoms with E-state index in [0.717, 1.165) is 11.1 Å². The number of hydrogen-bond donors (Lipinski definition) is 1. The number of hydrogen-bond acceptors (Lipinski definition) is 5. The zero-order valence-corrected chi connectivity index (χ0v) is 14.4. The van der Waals surface area contributed by atoms with Gasteiger partial charge in [-0.25, -0.2) is 9.97 Å². The van der Waals surface area contributed by atoms with Crippen LogP contribution in [0.3, 0.4) is 0 Å². The quantitative estimate of drug-likeness (QED) is 0.710. The van der Waals surface area contributed by atoms with Gasteiger partial charge in [0, 0.05) is 24.5 Å². The van der Waals surface area contributed by atoms with Crippen molar-refractivity contribution in [3.8, 4) is 11.8 Å². The van der Waals surface area contributed by atoms with Crippen LogP contribution in [0.15, 0.2) is 67.0 Å². The first-order chi connectivity index (χ1) is 12.8. The molecule has 6 nitrogen and oxygen atoms in total. The van der Waals surface area contributed by atoms with Crippen LogP contribution in [0.2, 0.25) is 0 Å². The molecule has 0 saturated heterocycles. The lowest BCUT2D eigenvalue weighted by atomic mass is 10.2. The van der Waals surface area contributed by atoms with Gasteiger partial charge >= 0.3 is 0 Å². The first-order valence-corrected chi connectivity index (χ1v) is 8.15. The summed E-state index contributed by atoms with van der Waals surface area (Å²) in [4.78, 5) is 20.7. The van der Waals surface area contributed by atoms with Gasteiger partial charge in [0.15, 0.2) is 0 Å². The molecule has 0 unspecified atom stereocenters. The van der Waals surface area contributed by atoms with E-state index in [1.165, 1.54) is 7.11 Å². The van der Waals surface area contributed by atoms with E-state index in [0.29, 0.717) is 18.1 Å². The van der Waals surface area contributed by atoms with Crippen LogP contribution in [0.5, 0.6) is 11.8 Å². The lowest BCUT2D eigenvalue weighted by Gasteiger charge is -2.12. The molecule has 0 bridgehead atoms. The largest absolute Gasteiger partial charge is 0.480 e. The molecule has 0 saturated carbocycles. The molecule has 0 aliphatic carbocycles. The van der Waals surface area contributed by atoms with Crippen LogP contribution in [0.4, 0.5) is 0 Å². The van der Waals surface area contributed by atoms with Crippen molar-refractivity contribution < 1.29 is 14.3 Å². The summed E-state index contributed by atoms with van der Waals surface area (Å²) >= 11 is 0. The normalized spacial score (nSPS) is 10.2. The molecule has 1 aromatic carbocycles. The van der Waals surface area contributed by atoms with E-state index >= 15 is 0 Å². The molecule has 1 amide bonds.